The number of hydrogen-bond acceptors (Lipinski definition) is 4. The molecule has 0 bridgehead atoms. The molecule has 0 aromatic heterocycles. The molecule has 1 aromatic carbocycles. The molecule has 2 N–H and O–H groups in total. The molecule has 4 heteroatoms. The Kier molecular flexibility index (Phi) is 3.96. The van der Waals surface area contributed by atoms with Crippen LogP contribution in [0.15, 0.2) is 18.2 Å². The Morgan fingerprint density at radius 1 is 1.35 bits per heavy atom. The molecule has 0 unspecified atom stereocenters. The third kappa shape index (κ3) is 2.97. The summed E-state index contributed by atoms with van der Waals surface area (Å²) in [4.78, 5) is 2.30. The normalized spacial score (nSPS) is 21.0. The van der Waals surface area contributed by atoms with Crippen LogP contribution in [0.2, 0.25) is 0 Å². The van der Waals surface area contributed by atoms with E-state index in [4.69, 9.17) is 4.74 Å². The monoisotopic (exact) mass is 276 g/mol. The lowest BCUT2D eigenvalue weighted by atomic mass is 9.94. The number of hydrogen-bond donors (Lipinski definition) is 2. The second-order valence-electron chi connectivity index (χ2n) is 6.07. The molecular weight excluding hydrogens is 252 g/mol. The fourth-order valence-electron chi connectivity index (χ4n) is 3.10. The molecule has 1 fully saturated rings. The van der Waals surface area contributed by atoms with Crippen molar-refractivity contribution in [3.8, 4) is 0 Å². The summed E-state index contributed by atoms with van der Waals surface area (Å²) in [6.45, 7) is 3.92. The lowest BCUT2D eigenvalue weighted by molar-refractivity contribution is -0.0617. The largest absolute Gasteiger partial charge is 0.388 e. The Morgan fingerprint density at radius 2 is 2.15 bits per heavy atom. The van der Waals surface area contributed by atoms with Gasteiger partial charge in [0.2, 0.25) is 0 Å². The van der Waals surface area contributed by atoms with E-state index in [-0.39, 0.29) is 0 Å². The lowest BCUT2D eigenvalue weighted by Crippen LogP contribution is -2.44. The first-order chi connectivity index (χ1) is 9.66. The summed E-state index contributed by atoms with van der Waals surface area (Å²) in [6, 6.07) is 6.68. The summed E-state index contributed by atoms with van der Waals surface area (Å²) >= 11 is 0. The maximum absolute atomic E-state index is 10.4. The molecule has 2 heterocycles. The highest BCUT2D eigenvalue weighted by Crippen LogP contribution is 2.27. The predicted molar refractivity (Wildman–Crippen MR) is 80.1 cm³/mol. The third-order valence-corrected chi connectivity index (χ3v) is 4.48. The number of aliphatic hydroxyl groups is 1. The first kappa shape index (κ1) is 13.9. The SMILES string of the molecule is CN1CCc2cc(CNCC3(O)CCOCC3)ccc21. The van der Waals surface area contributed by atoms with Gasteiger partial charge in [0.15, 0.2) is 0 Å². The number of likely N-dealkylation sites (N-methyl/N-ethyl adjacent to an activating group) is 1. The minimum absolute atomic E-state index is 0.588. The van der Waals surface area contributed by atoms with Gasteiger partial charge >= 0.3 is 0 Å². The summed E-state index contributed by atoms with van der Waals surface area (Å²) in [5.74, 6) is 0. The fourth-order valence-corrected chi connectivity index (χ4v) is 3.10. The minimum atomic E-state index is -0.588. The zero-order valence-corrected chi connectivity index (χ0v) is 12.2. The quantitative estimate of drug-likeness (QED) is 0.870. The highest BCUT2D eigenvalue weighted by Gasteiger charge is 2.29. The van der Waals surface area contributed by atoms with Crippen LogP contribution in [0.3, 0.4) is 0 Å². The molecule has 1 saturated heterocycles. The standard InChI is InChI=1S/C16H24N2O2/c1-18-7-4-14-10-13(2-3-15(14)18)11-17-12-16(19)5-8-20-9-6-16/h2-3,10,17,19H,4-9,11-12H2,1H3. The van der Waals surface area contributed by atoms with Gasteiger partial charge in [-0.1, -0.05) is 12.1 Å². The maximum Gasteiger partial charge on any atom is 0.0815 e. The van der Waals surface area contributed by atoms with E-state index in [1.165, 1.54) is 16.8 Å². The van der Waals surface area contributed by atoms with Crippen molar-refractivity contribution in [2.45, 2.75) is 31.4 Å². The van der Waals surface area contributed by atoms with Crippen molar-refractivity contribution in [2.24, 2.45) is 0 Å². The van der Waals surface area contributed by atoms with Gasteiger partial charge in [-0.2, -0.15) is 0 Å². The second kappa shape index (κ2) is 5.72. The molecule has 0 radical (unpaired) electrons. The molecule has 3 rings (SSSR count). The van der Waals surface area contributed by atoms with Gasteiger partial charge in [0.1, 0.15) is 0 Å². The molecule has 2 aliphatic rings. The average Bonchev–Trinajstić information content (AvgIpc) is 2.81. The molecule has 0 saturated carbocycles. The number of nitrogens with zero attached hydrogens (tertiary/aromatic N) is 1. The Labute approximate surface area is 120 Å². The van der Waals surface area contributed by atoms with Crippen molar-refractivity contribution in [2.75, 3.05) is 38.3 Å². The van der Waals surface area contributed by atoms with E-state index in [1.807, 2.05) is 0 Å². The average molecular weight is 276 g/mol. The van der Waals surface area contributed by atoms with E-state index in [0.717, 1.165) is 32.4 Å². The second-order valence-corrected chi connectivity index (χ2v) is 6.07. The van der Waals surface area contributed by atoms with Gasteiger partial charge in [0.05, 0.1) is 5.60 Å². The van der Waals surface area contributed by atoms with E-state index in [1.54, 1.807) is 0 Å². The smallest absolute Gasteiger partial charge is 0.0815 e. The Bertz CT molecular complexity index is 470. The number of benzene rings is 1. The molecule has 1 aromatic rings. The van der Waals surface area contributed by atoms with Crippen molar-refractivity contribution in [1.29, 1.82) is 0 Å². The summed E-state index contributed by atoms with van der Waals surface area (Å²) in [5, 5.41) is 13.8. The number of nitrogens with one attached hydrogen (secondary N) is 1. The number of rotatable bonds is 4. The van der Waals surface area contributed by atoms with Crippen molar-refractivity contribution in [1.82, 2.24) is 5.32 Å². The third-order valence-electron chi connectivity index (χ3n) is 4.48. The van der Waals surface area contributed by atoms with E-state index < -0.39 is 5.60 Å². The molecule has 4 nitrogen and oxygen atoms in total. The maximum atomic E-state index is 10.4. The van der Waals surface area contributed by atoms with E-state index in [0.29, 0.717) is 19.8 Å². The van der Waals surface area contributed by atoms with Crippen molar-refractivity contribution in [3.05, 3.63) is 29.3 Å². The van der Waals surface area contributed by atoms with Crippen LogP contribution in [0.4, 0.5) is 5.69 Å². The van der Waals surface area contributed by atoms with Crippen molar-refractivity contribution >= 4 is 5.69 Å². The molecule has 0 amide bonds. The molecule has 20 heavy (non-hydrogen) atoms. The Hall–Kier alpha value is -1.10. The van der Waals surface area contributed by atoms with E-state index in [2.05, 4.69) is 35.5 Å². The summed E-state index contributed by atoms with van der Waals surface area (Å²) in [5.41, 5.74) is 3.51. The van der Waals surface area contributed by atoms with Gasteiger partial charge in [-0.05, 0) is 23.6 Å². The van der Waals surface area contributed by atoms with Crippen LogP contribution in [0.1, 0.15) is 24.0 Å². The summed E-state index contributed by atoms with van der Waals surface area (Å²) in [6.07, 6.45) is 2.60. The first-order valence-electron chi connectivity index (χ1n) is 7.50. The van der Waals surface area contributed by atoms with Gasteiger partial charge in [-0.15, -0.1) is 0 Å². The zero-order chi connectivity index (χ0) is 14.0. The molecule has 0 spiro atoms. The van der Waals surface area contributed by atoms with Crippen LogP contribution in [0.5, 0.6) is 0 Å². The van der Waals surface area contributed by atoms with Gasteiger partial charge < -0.3 is 20.1 Å². The van der Waals surface area contributed by atoms with Gasteiger partial charge in [-0.25, -0.2) is 0 Å². The minimum Gasteiger partial charge on any atom is -0.388 e. The lowest BCUT2D eigenvalue weighted by Gasteiger charge is -2.32. The van der Waals surface area contributed by atoms with Gasteiger partial charge in [-0.3, -0.25) is 0 Å². The molecule has 2 aliphatic heterocycles. The molecule has 110 valence electrons. The summed E-state index contributed by atoms with van der Waals surface area (Å²) in [7, 11) is 2.14. The number of anilines is 1. The molecule has 0 atom stereocenters. The highest BCUT2D eigenvalue weighted by atomic mass is 16.5. The summed E-state index contributed by atoms with van der Waals surface area (Å²) < 4.78 is 5.30. The van der Waals surface area contributed by atoms with Crippen LogP contribution in [-0.4, -0.2) is 44.1 Å². The van der Waals surface area contributed by atoms with Crippen molar-refractivity contribution in [3.63, 3.8) is 0 Å². The van der Waals surface area contributed by atoms with Crippen LogP contribution >= 0.6 is 0 Å². The molecular formula is C16H24N2O2. The Balaban J connectivity index is 1.54. The van der Waals surface area contributed by atoms with E-state index in [9.17, 15) is 5.11 Å². The van der Waals surface area contributed by atoms with E-state index >= 15 is 0 Å². The van der Waals surface area contributed by atoms with Gasteiger partial charge in [0, 0.05) is 58.4 Å². The first-order valence-corrected chi connectivity index (χ1v) is 7.50. The zero-order valence-electron chi connectivity index (χ0n) is 12.2. The topological polar surface area (TPSA) is 44.7 Å². The van der Waals surface area contributed by atoms with Gasteiger partial charge in [0.25, 0.3) is 0 Å². The van der Waals surface area contributed by atoms with Crippen LogP contribution in [-0.2, 0) is 17.7 Å². The highest BCUT2D eigenvalue weighted by molar-refractivity contribution is 5.58. The van der Waals surface area contributed by atoms with Crippen LogP contribution in [0, 0.1) is 0 Å². The van der Waals surface area contributed by atoms with Crippen LogP contribution < -0.4 is 10.2 Å². The van der Waals surface area contributed by atoms with Crippen LogP contribution in [0.25, 0.3) is 0 Å². The number of fused-ring (bicyclic) bond motifs is 1. The van der Waals surface area contributed by atoms with Crippen molar-refractivity contribution < 1.29 is 9.84 Å². The number of ether oxygens (including phenoxy) is 1. The Morgan fingerprint density at radius 3 is 2.95 bits per heavy atom. The molecule has 0 aliphatic carbocycles. The fraction of sp³-hybridized carbons (Fsp3) is 0.625. The predicted octanol–water partition coefficient (Wildman–Crippen LogP) is 1.31.